The number of carbonyl (C=O) groups excluding carboxylic acids is 1. The zero-order valence-corrected chi connectivity index (χ0v) is 21.4. The highest BCUT2D eigenvalue weighted by atomic mass is 79.9. The van der Waals surface area contributed by atoms with Crippen molar-refractivity contribution in [3.05, 3.63) is 56.5 Å². The summed E-state index contributed by atoms with van der Waals surface area (Å²) in [4.78, 5) is 29.6. The Morgan fingerprint density at radius 2 is 1.74 bits per heavy atom. The molecule has 0 radical (unpaired) electrons. The first-order chi connectivity index (χ1) is 16.2. The number of halogens is 1. The van der Waals surface area contributed by atoms with Gasteiger partial charge >= 0.3 is 5.97 Å². The van der Waals surface area contributed by atoms with Gasteiger partial charge in [-0.25, -0.2) is 9.78 Å². The fourth-order valence-electron chi connectivity index (χ4n) is 3.26. The summed E-state index contributed by atoms with van der Waals surface area (Å²) in [6, 6.07) is 8.69. The molecule has 0 saturated carbocycles. The highest BCUT2D eigenvalue weighted by Crippen LogP contribution is 2.39. The predicted octanol–water partition coefficient (Wildman–Crippen LogP) is 4.12. The summed E-state index contributed by atoms with van der Waals surface area (Å²) in [5.74, 6) is 0.851. The number of hydrogen-bond donors (Lipinski definition) is 0. The highest BCUT2D eigenvalue weighted by Gasteiger charge is 2.21. The molecule has 0 saturated heterocycles. The van der Waals surface area contributed by atoms with E-state index in [0.717, 1.165) is 4.47 Å². The molecule has 0 aliphatic heterocycles. The van der Waals surface area contributed by atoms with Crippen molar-refractivity contribution < 1.29 is 23.7 Å². The van der Waals surface area contributed by atoms with E-state index in [1.54, 1.807) is 31.2 Å². The molecule has 0 aliphatic rings. The lowest BCUT2D eigenvalue weighted by Gasteiger charge is -2.18. The summed E-state index contributed by atoms with van der Waals surface area (Å²) in [6.45, 7) is 5.45. The number of aromatic nitrogens is 2. The summed E-state index contributed by atoms with van der Waals surface area (Å²) < 4.78 is 23.4. The maximum atomic E-state index is 13.2. The molecule has 180 valence electrons. The van der Waals surface area contributed by atoms with Crippen LogP contribution in [0, 0.1) is 0 Å². The summed E-state index contributed by atoms with van der Waals surface area (Å²) in [7, 11) is 4.22. The highest BCUT2D eigenvalue weighted by molar-refractivity contribution is 9.10. The largest absolute Gasteiger partial charge is 0.493 e. The second kappa shape index (κ2) is 10.7. The van der Waals surface area contributed by atoms with Gasteiger partial charge in [0.1, 0.15) is 5.82 Å². The van der Waals surface area contributed by atoms with Gasteiger partial charge in [0.05, 0.1) is 38.4 Å². The van der Waals surface area contributed by atoms with Crippen molar-refractivity contribution >= 4 is 39.0 Å². The number of benzene rings is 2. The topological polar surface area (TPSA) is 101 Å². The molecule has 3 rings (SSSR count). The lowest BCUT2D eigenvalue weighted by molar-refractivity contribution is -0.148. The molecule has 2 aromatic carbocycles. The number of ether oxygens (including phenoxy) is 4. The van der Waals surface area contributed by atoms with E-state index in [0.29, 0.717) is 33.8 Å². The van der Waals surface area contributed by atoms with Crippen molar-refractivity contribution in [2.45, 2.75) is 32.8 Å². The molecule has 0 N–H and O–H groups in total. The van der Waals surface area contributed by atoms with Crippen molar-refractivity contribution in [2.24, 2.45) is 5.10 Å². The molecule has 9 nitrogen and oxygen atoms in total. The molecule has 0 bridgehead atoms. The van der Waals surface area contributed by atoms with Gasteiger partial charge in [-0.1, -0.05) is 29.8 Å². The Balaban J connectivity index is 2.09. The number of carbonyl (C=O) groups is 1. The van der Waals surface area contributed by atoms with Crippen molar-refractivity contribution in [2.75, 3.05) is 21.3 Å². The molecule has 0 unspecified atom stereocenters. The Morgan fingerprint density at radius 1 is 1.09 bits per heavy atom. The van der Waals surface area contributed by atoms with Crippen LogP contribution < -0.4 is 19.8 Å². The SMILES string of the molecule is COC(=O)[C@@H](C)Oc1c(OC)cc(C=Nn2c(C(C)C)nc3ccc(Br)cc3c2=O)cc1OC. The third-order valence-electron chi connectivity index (χ3n) is 4.98. The van der Waals surface area contributed by atoms with Gasteiger partial charge in [0.15, 0.2) is 17.6 Å². The van der Waals surface area contributed by atoms with E-state index in [1.807, 2.05) is 19.9 Å². The van der Waals surface area contributed by atoms with Crippen LogP contribution in [0.25, 0.3) is 10.9 Å². The van der Waals surface area contributed by atoms with Crippen LogP contribution in [-0.4, -0.2) is 49.3 Å². The Hall–Kier alpha value is -3.40. The van der Waals surface area contributed by atoms with Crippen LogP contribution in [-0.2, 0) is 9.53 Å². The summed E-state index contributed by atoms with van der Waals surface area (Å²) in [5.41, 5.74) is 0.910. The van der Waals surface area contributed by atoms with Crippen LogP contribution in [0.15, 0.2) is 44.7 Å². The normalized spacial score (nSPS) is 12.2. The molecule has 34 heavy (non-hydrogen) atoms. The van der Waals surface area contributed by atoms with Crippen LogP contribution in [0.3, 0.4) is 0 Å². The molecule has 0 amide bonds. The van der Waals surface area contributed by atoms with Gasteiger partial charge in [-0.3, -0.25) is 4.79 Å². The van der Waals surface area contributed by atoms with Crippen LogP contribution in [0.4, 0.5) is 0 Å². The van der Waals surface area contributed by atoms with Crippen molar-refractivity contribution in [1.82, 2.24) is 9.66 Å². The lowest BCUT2D eigenvalue weighted by Crippen LogP contribution is -2.25. The number of esters is 1. The Morgan fingerprint density at radius 3 is 2.29 bits per heavy atom. The van der Waals surface area contributed by atoms with Gasteiger partial charge in [-0.15, -0.1) is 0 Å². The molecule has 3 aromatic rings. The molecule has 10 heteroatoms. The molecule has 0 fully saturated rings. The van der Waals surface area contributed by atoms with Crippen LogP contribution >= 0.6 is 15.9 Å². The summed E-state index contributed by atoms with van der Waals surface area (Å²) in [6.07, 6.45) is 0.639. The van der Waals surface area contributed by atoms with E-state index in [-0.39, 0.29) is 17.2 Å². The second-order valence-electron chi connectivity index (χ2n) is 7.69. The van der Waals surface area contributed by atoms with Crippen molar-refractivity contribution in [3.8, 4) is 17.2 Å². The summed E-state index contributed by atoms with van der Waals surface area (Å²) in [5, 5.41) is 4.89. The predicted molar refractivity (Wildman–Crippen MR) is 132 cm³/mol. The first kappa shape index (κ1) is 25.2. The number of hydrogen-bond acceptors (Lipinski definition) is 8. The lowest BCUT2D eigenvalue weighted by atomic mass is 10.2. The number of rotatable bonds is 8. The third kappa shape index (κ3) is 5.22. The van der Waals surface area contributed by atoms with Gasteiger partial charge < -0.3 is 18.9 Å². The van der Waals surface area contributed by atoms with E-state index < -0.39 is 12.1 Å². The van der Waals surface area contributed by atoms with Gasteiger partial charge in [-0.05, 0) is 37.3 Å². The van der Waals surface area contributed by atoms with E-state index in [9.17, 15) is 9.59 Å². The Bertz CT molecular complexity index is 1280. The quantitative estimate of drug-likeness (QED) is 0.318. The maximum Gasteiger partial charge on any atom is 0.346 e. The maximum absolute atomic E-state index is 13.2. The van der Waals surface area contributed by atoms with Crippen LogP contribution in [0.1, 0.15) is 38.1 Å². The van der Waals surface area contributed by atoms with E-state index in [1.165, 1.54) is 32.2 Å². The third-order valence-corrected chi connectivity index (χ3v) is 5.48. The molecular formula is C24H26BrN3O6. The molecule has 0 spiro atoms. The van der Waals surface area contributed by atoms with Gasteiger partial charge in [-0.2, -0.15) is 9.78 Å². The van der Waals surface area contributed by atoms with Crippen molar-refractivity contribution in [3.63, 3.8) is 0 Å². The number of nitrogens with zero attached hydrogens (tertiary/aromatic N) is 3. The van der Waals surface area contributed by atoms with E-state index in [4.69, 9.17) is 18.9 Å². The monoisotopic (exact) mass is 531 g/mol. The zero-order valence-electron chi connectivity index (χ0n) is 19.8. The van der Waals surface area contributed by atoms with Crippen LogP contribution in [0.2, 0.25) is 0 Å². The fourth-order valence-corrected chi connectivity index (χ4v) is 3.62. The smallest absolute Gasteiger partial charge is 0.346 e. The molecule has 1 aromatic heterocycles. The zero-order chi connectivity index (χ0) is 25.0. The summed E-state index contributed by atoms with van der Waals surface area (Å²) >= 11 is 3.40. The fraction of sp³-hybridized carbons (Fsp3) is 0.333. The van der Waals surface area contributed by atoms with E-state index in [2.05, 4.69) is 26.0 Å². The number of fused-ring (bicyclic) bond motifs is 1. The minimum absolute atomic E-state index is 0.0439. The number of methoxy groups -OCH3 is 3. The average molecular weight is 532 g/mol. The van der Waals surface area contributed by atoms with E-state index >= 15 is 0 Å². The van der Waals surface area contributed by atoms with Gasteiger partial charge in [0.25, 0.3) is 5.56 Å². The molecule has 1 heterocycles. The minimum Gasteiger partial charge on any atom is -0.493 e. The first-order valence-corrected chi connectivity index (χ1v) is 11.3. The first-order valence-electron chi connectivity index (χ1n) is 10.5. The van der Waals surface area contributed by atoms with Gasteiger partial charge in [0, 0.05) is 16.0 Å². The molecular weight excluding hydrogens is 506 g/mol. The second-order valence-corrected chi connectivity index (χ2v) is 8.60. The molecule has 0 aliphatic carbocycles. The Kier molecular flexibility index (Phi) is 7.93. The van der Waals surface area contributed by atoms with Gasteiger partial charge in [0.2, 0.25) is 5.75 Å². The molecule has 1 atom stereocenters. The van der Waals surface area contributed by atoms with Crippen molar-refractivity contribution in [1.29, 1.82) is 0 Å². The average Bonchev–Trinajstić information content (AvgIpc) is 2.83. The standard InChI is InChI=1S/C24H26BrN3O6/c1-13(2)22-27-18-8-7-16(25)11-17(18)23(29)28(22)26-12-15-9-19(31-4)21(20(10-15)32-5)34-14(3)24(30)33-6/h7-14H,1-6H3/t14-/m1/s1. The van der Waals surface area contributed by atoms with Crippen LogP contribution in [0.5, 0.6) is 17.2 Å². The minimum atomic E-state index is -0.873. The Labute approximate surface area is 205 Å².